The van der Waals surface area contributed by atoms with Gasteiger partial charge in [0.2, 0.25) is 0 Å². The molecule has 0 aliphatic heterocycles. The highest BCUT2D eigenvalue weighted by molar-refractivity contribution is 5.85. The van der Waals surface area contributed by atoms with Crippen molar-refractivity contribution in [3.63, 3.8) is 0 Å². The van der Waals surface area contributed by atoms with E-state index in [9.17, 15) is 4.79 Å². The molecule has 0 aliphatic carbocycles. The zero-order valence-corrected chi connectivity index (χ0v) is 4.29. The Morgan fingerprint density at radius 3 is 1.57 bits per heavy atom. The Bertz CT molecular complexity index is 49.7. The number of halogens is 1. The first-order chi connectivity index (χ1) is 2.81. The summed E-state index contributed by atoms with van der Waals surface area (Å²) in [6.45, 7) is 0. The Labute approximate surface area is 46.8 Å². The fourth-order valence-corrected chi connectivity index (χ4v) is 0.0417. The average Bonchev–Trinajstić information content (AvgIpc) is 1.65. The summed E-state index contributed by atoms with van der Waals surface area (Å²) in [6, 6.07) is -0.602. The van der Waals surface area contributed by atoms with Crippen LogP contribution in [0.5, 0.6) is 0 Å². The molecule has 5 nitrogen and oxygen atoms in total. The zero-order chi connectivity index (χ0) is 4.99. The number of urea groups is 1. The van der Waals surface area contributed by atoms with E-state index in [1.807, 2.05) is 0 Å². The number of hydrogen-bond donors (Lipinski definition) is 4. The minimum atomic E-state index is -0.602. The van der Waals surface area contributed by atoms with Crippen molar-refractivity contribution in [1.82, 2.24) is 10.9 Å². The van der Waals surface area contributed by atoms with Gasteiger partial charge in [-0.3, -0.25) is 10.9 Å². The van der Waals surface area contributed by atoms with Crippen LogP contribution in [-0.4, -0.2) is 6.03 Å². The molecule has 0 fully saturated rings. The van der Waals surface area contributed by atoms with E-state index < -0.39 is 6.03 Å². The molecule has 0 unspecified atom stereocenters. The molecule has 44 valence electrons. The lowest BCUT2D eigenvalue weighted by atomic mass is 11.1. The van der Waals surface area contributed by atoms with Gasteiger partial charge < -0.3 is 0 Å². The van der Waals surface area contributed by atoms with Crippen LogP contribution in [0.3, 0.4) is 0 Å². The fraction of sp³-hybridized carbons (Fsp3) is 0. The number of rotatable bonds is 0. The van der Waals surface area contributed by atoms with E-state index in [1.54, 1.807) is 10.9 Å². The fourth-order valence-electron chi connectivity index (χ4n) is 0.0417. The van der Waals surface area contributed by atoms with Gasteiger partial charge in [0, 0.05) is 0 Å². The molecule has 6 heteroatoms. The molecule has 0 spiro atoms. The predicted octanol–water partition coefficient (Wildman–Crippen LogP) is -1.55. The summed E-state index contributed by atoms with van der Waals surface area (Å²) >= 11 is 0. The molecule has 0 aromatic carbocycles. The van der Waals surface area contributed by atoms with Gasteiger partial charge in [-0.05, 0) is 0 Å². The Morgan fingerprint density at radius 1 is 1.29 bits per heavy atom. The molecule has 0 aliphatic rings. The monoisotopic (exact) mass is 126 g/mol. The Balaban J connectivity index is 0. The van der Waals surface area contributed by atoms with E-state index in [0.29, 0.717) is 0 Å². The third-order valence-corrected chi connectivity index (χ3v) is 0.262. The highest BCUT2D eigenvalue weighted by Crippen LogP contribution is 1.42. The van der Waals surface area contributed by atoms with Crippen LogP contribution in [0.2, 0.25) is 0 Å². The molecule has 6 N–H and O–H groups in total. The Morgan fingerprint density at radius 2 is 1.57 bits per heavy atom. The molecule has 0 radical (unpaired) electrons. The number of nitrogens with one attached hydrogen (secondary N) is 2. The van der Waals surface area contributed by atoms with Crippen LogP contribution in [0.25, 0.3) is 0 Å². The van der Waals surface area contributed by atoms with Gasteiger partial charge in [0.15, 0.2) is 0 Å². The molecular weight excluding hydrogens is 119 g/mol. The number of hydrazine groups is 2. The van der Waals surface area contributed by atoms with E-state index in [4.69, 9.17) is 0 Å². The lowest BCUT2D eigenvalue weighted by molar-refractivity contribution is 0.241. The second-order valence-corrected chi connectivity index (χ2v) is 0.618. The number of hydrogen-bond acceptors (Lipinski definition) is 3. The average molecular weight is 127 g/mol. The summed E-state index contributed by atoms with van der Waals surface area (Å²) in [6.07, 6.45) is 0. The normalized spacial score (nSPS) is 6.00. The molecular formula is CH7ClN4O. The van der Waals surface area contributed by atoms with Crippen molar-refractivity contribution < 1.29 is 4.79 Å². The quantitative estimate of drug-likeness (QED) is 0.180. The van der Waals surface area contributed by atoms with Crippen LogP contribution in [0, 0.1) is 0 Å². The molecule has 0 aromatic heterocycles. The smallest absolute Gasteiger partial charge is 0.275 e. The maximum Gasteiger partial charge on any atom is 0.343 e. The lowest BCUT2D eigenvalue weighted by Crippen LogP contribution is -2.43. The van der Waals surface area contributed by atoms with Crippen molar-refractivity contribution in [2.75, 3.05) is 0 Å². The van der Waals surface area contributed by atoms with Crippen molar-refractivity contribution in [3.8, 4) is 0 Å². The largest absolute Gasteiger partial charge is 0.343 e. The molecule has 0 bridgehead atoms. The second-order valence-electron chi connectivity index (χ2n) is 0.618. The van der Waals surface area contributed by atoms with Crippen molar-refractivity contribution in [1.29, 1.82) is 0 Å². The molecule has 0 saturated heterocycles. The molecule has 0 rings (SSSR count). The zero-order valence-electron chi connectivity index (χ0n) is 3.47. The van der Waals surface area contributed by atoms with Crippen LogP contribution in [0.15, 0.2) is 0 Å². The van der Waals surface area contributed by atoms with Crippen LogP contribution < -0.4 is 22.5 Å². The van der Waals surface area contributed by atoms with Crippen molar-refractivity contribution in [2.45, 2.75) is 0 Å². The predicted molar refractivity (Wildman–Crippen MR) is 27.3 cm³/mol. The van der Waals surface area contributed by atoms with Crippen molar-refractivity contribution >= 4 is 18.4 Å². The van der Waals surface area contributed by atoms with E-state index in [-0.39, 0.29) is 12.4 Å². The maximum absolute atomic E-state index is 9.71. The molecule has 7 heavy (non-hydrogen) atoms. The Hall–Kier alpha value is -0.520. The summed E-state index contributed by atoms with van der Waals surface area (Å²) in [5, 5.41) is 0. The van der Waals surface area contributed by atoms with Gasteiger partial charge in [-0.1, -0.05) is 0 Å². The van der Waals surface area contributed by atoms with E-state index in [2.05, 4.69) is 11.7 Å². The van der Waals surface area contributed by atoms with Crippen LogP contribution in [-0.2, 0) is 0 Å². The van der Waals surface area contributed by atoms with Gasteiger partial charge in [-0.15, -0.1) is 12.4 Å². The summed E-state index contributed by atoms with van der Waals surface area (Å²) < 4.78 is 0. The van der Waals surface area contributed by atoms with Gasteiger partial charge >= 0.3 is 6.03 Å². The topological polar surface area (TPSA) is 93.2 Å². The minimum Gasteiger partial charge on any atom is -0.275 e. The SMILES string of the molecule is Cl.NNC(=O)NN. The van der Waals surface area contributed by atoms with Crippen LogP contribution >= 0.6 is 12.4 Å². The first-order valence-corrected chi connectivity index (χ1v) is 1.28. The number of carbonyl (C=O) groups is 1. The molecule has 0 atom stereocenters. The summed E-state index contributed by atoms with van der Waals surface area (Å²) in [5.74, 6) is 9.08. The first-order valence-electron chi connectivity index (χ1n) is 1.28. The maximum atomic E-state index is 9.71. The molecule has 0 saturated carbocycles. The van der Waals surface area contributed by atoms with Crippen LogP contribution in [0.4, 0.5) is 4.79 Å². The highest BCUT2D eigenvalue weighted by Gasteiger charge is 1.82. The summed E-state index contributed by atoms with van der Waals surface area (Å²) in [5.41, 5.74) is 3.48. The second kappa shape index (κ2) is 5.48. The van der Waals surface area contributed by atoms with Gasteiger partial charge in [0.05, 0.1) is 0 Å². The number of carbonyl (C=O) groups excluding carboxylic acids is 1. The molecule has 0 heterocycles. The summed E-state index contributed by atoms with van der Waals surface area (Å²) in [4.78, 5) is 9.71. The molecule has 0 aromatic rings. The third-order valence-electron chi connectivity index (χ3n) is 0.262. The van der Waals surface area contributed by atoms with Gasteiger partial charge in [-0.25, -0.2) is 16.5 Å². The van der Waals surface area contributed by atoms with Gasteiger partial charge in [0.1, 0.15) is 0 Å². The first kappa shape index (κ1) is 9.70. The van der Waals surface area contributed by atoms with E-state index in [0.717, 1.165) is 0 Å². The highest BCUT2D eigenvalue weighted by atomic mass is 35.5. The lowest BCUT2D eigenvalue weighted by Gasteiger charge is -1.90. The third kappa shape index (κ3) is 5.48. The summed E-state index contributed by atoms with van der Waals surface area (Å²) in [7, 11) is 0. The van der Waals surface area contributed by atoms with Gasteiger partial charge in [0.25, 0.3) is 0 Å². The van der Waals surface area contributed by atoms with Crippen LogP contribution in [0.1, 0.15) is 0 Å². The Kier molecular flexibility index (Phi) is 7.59. The number of nitrogens with two attached hydrogens (primary N) is 2. The van der Waals surface area contributed by atoms with E-state index in [1.165, 1.54) is 0 Å². The van der Waals surface area contributed by atoms with Crippen molar-refractivity contribution in [2.24, 2.45) is 11.7 Å². The molecule has 2 amide bonds. The van der Waals surface area contributed by atoms with E-state index >= 15 is 0 Å². The standard InChI is InChI=1S/CH6N4O.ClH/c2-4-1(6)5-3;/h2-3H2,(H2,4,5,6);1H. The van der Waals surface area contributed by atoms with Gasteiger partial charge in [-0.2, -0.15) is 0 Å². The van der Waals surface area contributed by atoms with Crippen molar-refractivity contribution in [3.05, 3.63) is 0 Å². The number of amides is 2. The minimum absolute atomic E-state index is 0.